The first-order valence-electron chi connectivity index (χ1n) is 19.5. The number of halogens is 3. The average molecular weight is 817 g/mol. The van der Waals surface area contributed by atoms with Crippen LogP contribution in [-0.2, 0) is 6.18 Å². The summed E-state index contributed by atoms with van der Waals surface area (Å²) in [5, 5.41) is 14.1. The van der Waals surface area contributed by atoms with Crippen LogP contribution in [0.1, 0.15) is 34.4 Å². The van der Waals surface area contributed by atoms with Gasteiger partial charge in [0.15, 0.2) is 17.3 Å². The number of aryl methyl sites for hydroxylation is 4. The van der Waals surface area contributed by atoms with Gasteiger partial charge in [-0.1, -0.05) is 78.9 Å². The Hall–Kier alpha value is -8.29. The highest BCUT2D eigenvalue weighted by Gasteiger charge is 2.37. The zero-order chi connectivity index (χ0) is 43.0. The molecule has 4 aromatic heterocycles. The number of nitrogens with zero attached hydrogens (tertiary/aromatic N) is 10. The van der Waals surface area contributed by atoms with E-state index in [1.54, 1.807) is 39.8 Å². The van der Waals surface area contributed by atoms with Crippen molar-refractivity contribution in [2.45, 2.75) is 33.9 Å². The largest absolute Gasteiger partial charge is 0.415 e. The molecule has 0 saturated heterocycles. The monoisotopic (exact) mass is 816 g/mol. The van der Waals surface area contributed by atoms with E-state index in [0.29, 0.717) is 68.1 Å². The molecule has 62 heavy (non-hydrogen) atoms. The van der Waals surface area contributed by atoms with Crippen molar-refractivity contribution >= 4 is 49.3 Å². The van der Waals surface area contributed by atoms with Gasteiger partial charge >= 0.3 is 6.18 Å². The molecule has 0 bridgehead atoms. The van der Waals surface area contributed by atoms with Crippen molar-refractivity contribution < 1.29 is 13.2 Å². The summed E-state index contributed by atoms with van der Waals surface area (Å²) in [6.45, 7) is 15.4. The van der Waals surface area contributed by atoms with Crippen LogP contribution in [0.2, 0.25) is 0 Å². The summed E-state index contributed by atoms with van der Waals surface area (Å²) in [5.74, 6) is 3.00. The minimum Gasteiger partial charge on any atom is -0.309 e. The maximum Gasteiger partial charge on any atom is 0.415 e. The maximum absolute atomic E-state index is 15.6. The minimum absolute atomic E-state index is 0.0998. The molecule has 0 amide bonds. The van der Waals surface area contributed by atoms with Crippen LogP contribution >= 0.6 is 0 Å². The van der Waals surface area contributed by atoms with Crippen LogP contribution < -0.4 is 0 Å². The predicted molar refractivity (Wildman–Crippen MR) is 233 cm³/mol. The van der Waals surface area contributed by atoms with Gasteiger partial charge in [-0.05, 0) is 64.1 Å². The number of fused-ring (bicyclic) bond motifs is 6. The number of aromatic nitrogens is 8. The number of benzene rings is 6. The lowest BCUT2D eigenvalue weighted by atomic mass is 9.92. The van der Waals surface area contributed by atoms with Crippen molar-refractivity contribution in [3.8, 4) is 51.3 Å². The molecule has 10 nitrogen and oxygen atoms in total. The molecule has 0 N–H and O–H groups in total. The van der Waals surface area contributed by atoms with Gasteiger partial charge < -0.3 is 9.13 Å². The molecule has 298 valence electrons. The highest BCUT2D eigenvalue weighted by atomic mass is 19.4. The highest BCUT2D eigenvalue weighted by molar-refractivity contribution is 6.13. The van der Waals surface area contributed by atoms with E-state index in [1.165, 1.54) is 12.1 Å². The molecule has 4 heterocycles. The third-order valence-electron chi connectivity index (χ3n) is 11.0. The Morgan fingerprint density at radius 1 is 0.532 bits per heavy atom. The van der Waals surface area contributed by atoms with Crippen molar-refractivity contribution in [3.05, 3.63) is 161 Å². The molecule has 13 heteroatoms. The summed E-state index contributed by atoms with van der Waals surface area (Å²) in [6.07, 6.45) is -4.87. The Labute approximate surface area is 352 Å². The molecule has 0 atom stereocenters. The van der Waals surface area contributed by atoms with Gasteiger partial charge in [-0.25, -0.2) is 34.7 Å². The number of alkyl halides is 3. The van der Waals surface area contributed by atoms with E-state index in [9.17, 15) is 5.26 Å². The molecule has 10 aromatic rings. The molecule has 10 rings (SSSR count). The molecule has 0 saturated carbocycles. The first-order valence-corrected chi connectivity index (χ1v) is 19.5. The number of rotatable bonds is 5. The molecule has 0 spiro atoms. The third kappa shape index (κ3) is 6.09. The predicted octanol–water partition coefficient (Wildman–Crippen LogP) is 11.9. The smallest absolute Gasteiger partial charge is 0.309 e. The molecule has 0 radical (unpaired) electrons. The lowest BCUT2D eigenvalue weighted by Gasteiger charge is -2.24. The van der Waals surface area contributed by atoms with E-state index in [4.69, 9.17) is 6.57 Å². The second-order valence-corrected chi connectivity index (χ2v) is 15.0. The van der Waals surface area contributed by atoms with Crippen LogP contribution in [-0.4, -0.2) is 39.0 Å². The second kappa shape index (κ2) is 14.2. The summed E-state index contributed by atoms with van der Waals surface area (Å²) in [4.78, 5) is 30.9. The fourth-order valence-electron chi connectivity index (χ4n) is 8.65. The van der Waals surface area contributed by atoms with Gasteiger partial charge in [-0.2, -0.15) is 18.4 Å². The van der Waals surface area contributed by atoms with Crippen molar-refractivity contribution in [2.24, 2.45) is 0 Å². The van der Waals surface area contributed by atoms with Crippen molar-refractivity contribution in [1.82, 2.24) is 39.0 Å². The molecule has 0 aliphatic heterocycles. The lowest BCUT2D eigenvalue weighted by molar-refractivity contribution is -0.137. The molecular weight excluding hydrogens is 786 g/mol. The molecule has 0 aliphatic carbocycles. The minimum atomic E-state index is -4.87. The van der Waals surface area contributed by atoms with Gasteiger partial charge in [-0.3, -0.25) is 0 Å². The normalized spacial score (nSPS) is 11.8. The lowest BCUT2D eigenvalue weighted by Crippen LogP contribution is -2.11. The molecule has 0 fully saturated rings. The molecule has 0 unspecified atom stereocenters. The van der Waals surface area contributed by atoms with Gasteiger partial charge in [0.25, 0.3) is 0 Å². The first-order chi connectivity index (χ1) is 29.9. The summed E-state index contributed by atoms with van der Waals surface area (Å²) in [5.41, 5.74) is 3.20. The highest BCUT2D eigenvalue weighted by Crippen LogP contribution is 2.50. The van der Waals surface area contributed by atoms with Crippen LogP contribution in [0.3, 0.4) is 0 Å². The van der Waals surface area contributed by atoms with E-state index in [1.807, 2.05) is 94.1 Å². The summed E-state index contributed by atoms with van der Waals surface area (Å²) in [6, 6.07) is 35.9. The Morgan fingerprint density at radius 3 is 1.42 bits per heavy atom. The average Bonchev–Trinajstić information content (AvgIpc) is 3.76. The van der Waals surface area contributed by atoms with Crippen LogP contribution in [0.5, 0.6) is 0 Å². The number of nitriles is 1. The van der Waals surface area contributed by atoms with Crippen LogP contribution in [0.4, 0.5) is 18.9 Å². The van der Waals surface area contributed by atoms with Crippen LogP contribution in [0.25, 0.3) is 93.7 Å². The van der Waals surface area contributed by atoms with Crippen molar-refractivity contribution in [3.63, 3.8) is 0 Å². The SMILES string of the molecule is [C-]#[N+]c1cccc(C(F)(F)F)c1-c1c(-n2c3ccccc3c3ccc(-c4nc(C)nc(C)n4)cc32)cc(C#N)cc1-n1c2ccccc2c2ccc(-c3nc(C)nc(C)n3)cc21. The van der Waals surface area contributed by atoms with Gasteiger partial charge in [0.05, 0.1) is 57.2 Å². The zero-order valence-corrected chi connectivity index (χ0v) is 33.6. The zero-order valence-electron chi connectivity index (χ0n) is 33.6. The summed E-state index contributed by atoms with van der Waals surface area (Å²) < 4.78 is 50.4. The Morgan fingerprint density at radius 2 is 0.984 bits per heavy atom. The molecule has 6 aromatic carbocycles. The van der Waals surface area contributed by atoms with E-state index >= 15 is 13.2 Å². The van der Waals surface area contributed by atoms with Crippen molar-refractivity contribution in [1.29, 1.82) is 5.26 Å². The maximum atomic E-state index is 15.6. The second-order valence-electron chi connectivity index (χ2n) is 15.0. The fraction of sp³-hybridized carbons (Fsp3) is 0.102. The number of para-hydroxylation sites is 2. The van der Waals surface area contributed by atoms with E-state index in [-0.39, 0.29) is 33.8 Å². The Bertz CT molecular complexity index is 3370. The standard InChI is InChI=1S/C49H31F3N10/c1-26-55-27(2)58-47(57-26)31-17-19-35-33-11-6-8-15-39(33)61(41(35)23-31)43-21-30(25-53)22-44(46(43)45-37(49(50,51)52)13-10-14-38(45)54-5)62-40-16-9-7-12-34(40)36-20-18-32(24-42(36)62)48-59-28(3)56-29(4)60-48/h6-24H,1-4H3. The van der Waals surface area contributed by atoms with Crippen LogP contribution in [0, 0.1) is 45.6 Å². The Balaban J connectivity index is 1.42. The summed E-state index contributed by atoms with van der Waals surface area (Å²) >= 11 is 0. The Kier molecular flexibility index (Phi) is 8.68. The molecular formula is C49H31F3N10. The number of hydrogen-bond donors (Lipinski definition) is 0. The quantitative estimate of drug-likeness (QED) is 0.159. The summed E-state index contributed by atoms with van der Waals surface area (Å²) in [7, 11) is 0. The fourth-order valence-corrected chi connectivity index (χ4v) is 8.65. The first kappa shape index (κ1) is 37.9. The van der Waals surface area contributed by atoms with E-state index in [2.05, 4.69) is 40.8 Å². The van der Waals surface area contributed by atoms with Gasteiger partial charge in [0.1, 0.15) is 23.3 Å². The van der Waals surface area contributed by atoms with Crippen molar-refractivity contribution in [2.75, 3.05) is 0 Å². The van der Waals surface area contributed by atoms with E-state index in [0.717, 1.165) is 27.6 Å². The third-order valence-corrected chi connectivity index (χ3v) is 11.0. The van der Waals surface area contributed by atoms with E-state index < -0.39 is 11.7 Å². The van der Waals surface area contributed by atoms with Gasteiger partial charge in [0.2, 0.25) is 0 Å². The van der Waals surface area contributed by atoms with Gasteiger partial charge in [0, 0.05) is 43.8 Å². The number of hydrogen-bond acceptors (Lipinski definition) is 7. The molecule has 0 aliphatic rings. The topological polar surface area (TPSA) is 115 Å². The van der Waals surface area contributed by atoms with Gasteiger partial charge in [-0.15, -0.1) is 0 Å². The van der Waals surface area contributed by atoms with Crippen LogP contribution in [0.15, 0.2) is 115 Å².